The molecule has 0 aliphatic carbocycles. The number of aryl methyl sites for hydroxylation is 1. The number of likely N-dealkylation sites (tertiary alicyclic amines) is 2. The van der Waals surface area contributed by atoms with Gasteiger partial charge in [0.15, 0.2) is 12.0 Å². The molecule has 11 nitrogen and oxygen atoms in total. The van der Waals surface area contributed by atoms with Gasteiger partial charge in [-0.1, -0.05) is 36.8 Å². The number of carbonyl (C=O) groups excluding carboxylic acids is 3. The van der Waals surface area contributed by atoms with Crippen LogP contribution in [-0.4, -0.2) is 99.8 Å². The Kier molecular flexibility index (Phi) is 9.42. The van der Waals surface area contributed by atoms with E-state index in [9.17, 15) is 24.3 Å². The molecule has 3 saturated heterocycles. The summed E-state index contributed by atoms with van der Waals surface area (Å²) in [5, 5.41) is 17.5. The molecule has 3 heterocycles. The van der Waals surface area contributed by atoms with Crippen LogP contribution in [0.2, 0.25) is 0 Å². The van der Waals surface area contributed by atoms with Crippen LogP contribution in [0.4, 0.5) is 4.79 Å². The number of hydrogen-bond donors (Lipinski definition) is 3. The fraction of sp³-hybridized carbons (Fsp3) is 0.607. The number of piperazine rings is 1. The number of urea groups is 1. The number of nitrogens with one attached hydrogen (secondary N) is 1. The zero-order chi connectivity index (χ0) is 27.9. The van der Waals surface area contributed by atoms with Crippen molar-refractivity contribution in [2.75, 3.05) is 39.3 Å². The van der Waals surface area contributed by atoms with Crippen LogP contribution in [-0.2, 0) is 20.8 Å². The number of unbranched alkanes of at least 4 members (excludes halogenated alkanes) is 2. The van der Waals surface area contributed by atoms with Gasteiger partial charge in [0.2, 0.25) is 11.8 Å². The molecule has 11 heteroatoms. The lowest BCUT2D eigenvalue weighted by Gasteiger charge is -2.47. The summed E-state index contributed by atoms with van der Waals surface area (Å²) in [6, 6.07) is 8.50. The molecule has 4 rings (SSSR count). The molecule has 0 unspecified atom stereocenters. The van der Waals surface area contributed by atoms with E-state index in [1.54, 1.807) is 9.80 Å². The van der Waals surface area contributed by atoms with Crippen molar-refractivity contribution in [3.05, 3.63) is 35.9 Å². The lowest BCUT2D eigenvalue weighted by Crippen LogP contribution is -2.70. The molecular weight excluding hydrogens is 500 g/mol. The van der Waals surface area contributed by atoms with E-state index < -0.39 is 29.9 Å². The topological polar surface area (TPSA) is 151 Å². The Hall–Kier alpha value is -3.63. The normalized spacial score (nSPS) is 23.4. The summed E-state index contributed by atoms with van der Waals surface area (Å²) < 4.78 is 0. The van der Waals surface area contributed by atoms with E-state index in [2.05, 4.69) is 12.1 Å². The standard InChI is InChI=1S/C28H40N6O5/c29-27(30)33-13-7-11-21(19-33)18-22-24(26(37)38)34(25(22)36)28(39)32-16-14-31(15-17-32)23(35)12-6-2-5-10-20-8-3-1-4-9-20/h1,3-4,8-9,21-22,24H,2,5-7,10-19H2,(H3,29,30)(H,37,38)/t21-,22+,24-/m0/s1. The molecule has 4 N–H and O–H groups in total. The number of nitrogens with zero attached hydrogens (tertiary/aromatic N) is 4. The molecule has 4 amide bonds. The molecule has 3 fully saturated rings. The van der Waals surface area contributed by atoms with E-state index in [1.807, 2.05) is 18.2 Å². The van der Waals surface area contributed by atoms with Gasteiger partial charge in [-0.05, 0) is 50.0 Å². The van der Waals surface area contributed by atoms with E-state index in [0.29, 0.717) is 39.0 Å². The highest BCUT2D eigenvalue weighted by Crippen LogP contribution is 2.36. The van der Waals surface area contributed by atoms with Crippen LogP contribution in [0.15, 0.2) is 30.3 Å². The third kappa shape index (κ3) is 6.88. The smallest absolute Gasteiger partial charge is 0.327 e. The Labute approximate surface area is 229 Å². The number of nitrogens with two attached hydrogens (primary N) is 1. The number of carboxylic acids is 1. The van der Waals surface area contributed by atoms with Gasteiger partial charge in [-0.15, -0.1) is 0 Å². The third-order valence-electron chi connectivity index (χ3n) is 8.22. The fourth-order valence-electron chi connectivity index (χ4n) is 5.99. The van der Waals surface area contributed by atoms with Crippen LogP contribution in [0.3, 0.4) is 0 Å². The van der Waals surface area contributed by atoms with Gasteiger partial charge < -0.3 is 25.5 Å². The van der Waals surface area contributed by atoms with Gasteiger partial charge in [0, 0.05) is 45.7 Å². The summed E-state index contributed by atoms with van der Waals surface area (Å²) in [6.45, 7) is 2.50. The molecule has 0 saturated carbocycles. The third-order valence-corrected chi connectivity index (χ3v) is 8.22. The first-order valence-electron chi connectivity index (χ1n) is 14.0. The molecule has 3 aliphatic rings. The first kappa shape index (κ1) is 28.4. The zero-order valence-corrected chi connectivity index (χ0v) is 22.5. The van der Waals surface area contributed by atoms with Gasteiger partial charge in [-0.3, -0.25) is 15.0 Å². The van der Waals surface area contributed by atoms with Gasteiger partial charge in [-0.2, -0.15) is 0 Å². The maximum Gasteiger partial charge on any atom is 0.327 e. The van der Waals surface area contributed by atoms with E-state index >= 15 is 0 Å². The van der Waals surface area contributed by atoms with Crippen LogP contribution >= 0.6 is 0 Å². The number of carboxylic acid groups (broad SMARTS) is 1. The van der Waals surface area contributed by atoms with E-state index in [0.717, 1.165) is 43.4 Å². The van der Waals surface area contributed by atoms with Crippen LogP contribution in [0.1, 0.15) is 50.5 Å². The molecule has 3 aliphatic heterocycles. The van der Waals surface area contributed by atoms with Gasteiger partial charge in [-0.25, -0.2) is 14.5 Å². The minimum absolute atomic E-state index is 0.0214. The maximum atomic E-state index is 13.1. The van der Waals surface area contributed by atoms with Gasteiger partial charge in [0.25, 0.3) is 0 Å². The van der Waals surface area contributed by atoms with Crippen LogP contribution < -0.4 is 5.73 Å². The molecule has 1 aromatic rings. The molecule has 212 valence electrons. The lowest BCUT2D eigenvalue weighted by molar-refractivity contribution is -0.167. The van der Waals surface area contributed by atoms with Gasteiger partial charge >= 0.3 is 12.0 Å². The predicted molar refractivity (Wildman–Crippen MR) is 145 cm³/mol. The number of rotatable bonds is 9. The first-order chi connectivity index (χ1) is 18.8. The number of piperidine rings is 1. The van der Waals surface area contributed by atoms with Crippen molar-refractivity contribution in [1.29, 1.82) is 5.41 Å². The van der Waals surface area contributed by atoms with Gasteiger partial charge in [0.1, 0.15) is 0 Å². The Balaban J connectivity index is 1.20. The fourth-order valence-corrected chi connectivity index (χ4v) is 5.99. The summed E-state index contributed by atoms with van der Waals surface area (Å²) >= 11 is 0. The molecule has 39 heavy (non-hydrogen) atoms. The average molecular weight is 541 g/mol. The molecule has 0 bridgehead atoms. The predicted octanol–water partition coefficient (Wildman–Crippen LogP) is 1.96. The number of aliphatic carboxylic acids is 1. The largest absolute Gasteiger partial charge is 0.480 e. The van der Waals surface area contributed by atoms with Crippen molar-refractivity contribution < 1.29 is 24.3 Å². The average Bonchev–Trinajstić information content (AvgIpc) is 2.94. The Morgan fingerprint density at radius 2 is 1.64 bits per heavy atom. The highest BCUT2D eigenvalue weighted by Gasteiger charge is 2.56. The van der Waals surface area contributed by atoms with Crippen molar-refractivity contribution in [2.24, 2.45) is 17.6 Å². The van der Waals surface area contributed by atoms with Crippen LogP contribution in [0, 0.1) is 17.2 Å². The molecule has 0 spiro atoms. The zero-order valence-electron chi connectivity index (χ0n) is 22.5. The van der Waals surface area contributed by atoms with Crippen molar-refractivity contribution in [3.8, 4) is 0 Å². The highest BCUT2D eigenvalue weighted by molar-refractivity contribution is 6.07. The second-order valence-corrected chi connectivity index (χ2v) is 10.9. The second kappa shape index (κ2) is 12.9. The molecular formula is C28H40N6O5. The summed E-state index contributed by atoms with van der Waals surface area (Å²) in [7, 11) is 0. The Morgan fingerprint density at radius 1 is 0.949 bits per heavy atom. The summed E-state index contributed by atoms with van der Waals surface area (Å²) in [6.07, 6.45) is 6.31. The molecule has 0 radical (unpaired) electrons. The number of hydrogen-bond acceptors (Lipinski definition) is 5. The number of carbonyl (C=O) groups is 4. The van der Waals surface area contributed by atoms with E-state index in [4.69, 9.17) is 11.1 Å². The molecule has 3 atom stereocenters. The summed E-state index contributed by atoms with van der Waals surface area (Å²) in [5.41, 5.74) is 6.90. The van der Waals surface area contributed by atoms with Crippen LogP contribution in [0.25, 0.3) is 0 Å². The summed E-state index contributed by atoms with van der Waals surface area (Å²) in [4.78, 5) is 56.6. The lowest BCUT2D eigenvalue weighted by atomic mass is 9.78. The van der Waals surface area contributed by atoms with Crippen molar-refractivity contribution in [3.63, 3.8) is 0 Å². The highest BCUT2D eigenvalue weighted by atomic mass is 16.4. The van der Waals surface area contributed by atoms with Crippen molar-refractivity contribution >= 4 is 29.8 Å². The van der Waals surface area contributed by atoms with Crippen molar-refractivity contribution in [2.45, 2.75) is 57.4 Å². The SMILES string of the molecule is N=C(N)N1CCC[C@@H](C[C@H]2C(=O)N(C(=O)N3CCN(C(=O)CCCCCc4ccccc4)CC3)[C@@H]2C(=O)O)C1. The molecule has 1 aromatic carbocycles. The Morgan fingerprint density at radius 3 is 2.31 bits per heavy atom. The molecule has 0 aromatic heterocycles. The Bertz CT molecular complexity index is 1060. The second-order valence-electron chi connectivity index (χ2n) is 10.9. The summed E-state index contributed by atoms with van der Waals surface area (Å²) in [5.74, 6) is -2.31. The van der Waals surface area contributed by atoms with E-state index in [-0.39, 0.29) is 30.9 Å². The van der Waals surface area contributed by atoms with E-state index in [1.165, 1.54) is 10.5 Å². The number of benzene rings is 1. The maximum absolute atomic E-state index is 13.1. The number of guanidine groups is 1. The number of amides is 4. The van der Waals surface area contributed by atoms with Crippen LogP contribution in [0.5, 0.6) is 0 Å². The quantitative estimate of drug-likeness (QED) is 0.187. The minimum Gasteiger partial charge on any atom is -0.480 e. The first-order valence-corrected chi connectivity index (χ1v) is 14.0. The number of β-lactam (4-membered cyclic amide) rings is 1. The van der Waals surface area contributed by atoms with Gasteiger partial charge in [0.05, 0.1) is 5.92 Å². The minimum atomic E-state index is -1.19. The number of imide groups is 1. The monoisotopic (exact) mass is 540 g/mol. The van der Waals surface area contributed by atoms with Crippen molar-refractivity contribution in [1.82, 2.24) is 19.6 Å².